The molecule has 0 spiro atoms. The second-order valence-corrected chi connectivity index (χ2v) is 12.4. The highest BCUT2D eigenvalue weighted by atomic mass is 35.5. The normalized spacial score (nSPS) is 12.7. The van der Waals surface area contributed by atoms with E-state index in [1.54, 1.807) is 30.6 Å². The van der Waals surface area contributed by atoms with E-state index in [1.807, 2.05) is 36.6 Å². The second kappa shape index (κ2) is 15.3. The molecule has 2 atom stereocenters. The maximum Gasteiger partial charge on any atom is 0.354 e. The standard InChI is InChI=1S/C32H37ClFN9O2S/c1-19(35)3-2-4-21-13-25(28(34)26(33)14-21)27-15-22-17-43(32(44)42-29(22)41-27)23-7-5-20(6-8-23)18-45-24(9-10-38-30(36)37)16-40-31-39-11-12-46-31/h5-8,11-15,17,19,24H,2-4,9-10,16,18,35H2,1H3,(H,39,40)(H4,36,37,38)(H,41,42,44)/t19-,24+/m0/s1. The molecule has 11 nitrogen and oxygen atoms in total. The average molecular weight is 666 g/mol. The molecule has 46 heavy (non-hydrogen) atoms. The van der Waals surface area contributed by atoms with Gasteiger partial charge in [0.05, 0.1) is 29.1 Å². The summed E-state index contributed by atoms with van der Waals surface area (Å²) in [7, 11) is 0. The Hall–Kier alpha value is -4.30. The molecule has 14 heteroatoms. The Labute approximate surface area is 274 Å². The van der Waals surface area contributed by atoms with Gasteiger partial charge in [-0.3, -0.25) is 9.98 Å². The number of anilines is 1. The van der Waals surface area contributed by atoms with Gasteiger partial charge in [-0.15, -0.1) is 11.3 Å². The van der Waals surface area contributed by atoms with E-state index in [0.717, 1.165) is 35.5 Å². The van der Waals surface area contributed by atoms with E-state index in [-0.39, 0.29) is 23.1 Å². The number of rotatable bonds is 15. The van der Waals surface area contributed by atoms with Crippen molar-refractivity contribution in [1.29, 1.82) is 5.41 Å². The molecule has 5 aromatic rings. The molecule has 5 rings (SSSR count). The summed E-state index contributed by atoms with van der Waals surface area (Å²) in [4.78, 5) is 24.6. The summed E-state index contributed by atoms with van der Waals surface area (Å²) in [5.74, 6) is -0.621. The van der Waals surface area contributed by atoms with E-state index in [4.69, 9.17) is 33.2 Å². The second-order valence-electron chi connectivity index (χ2n) is 11.1. The minimum atomic E-state index is -0.534. The number of nitrogens with two attached hydrogens (primary N) is 2. The molecule has 0 fully saturated rings. The summed E-state index contributed by atoms with van der Waals surface area (Å²) in [5.41, 5.74) is 14.4. The number of aromatic amines is 1. The van der Waals surface area contributed by atoms with Crippen LogP contribution in [0.3, 0.4) is 0 Å². The first-order valence-electron chi connectivity index (χ1n) is 14.9. The van der Waals surface area contributed by atoms with Crippen LogP contribution in [0.15, 0.2) is 65.0 Å². The van der Waals surface area contributed by atoms with Crippen LogP contribution in [0.5, 0.6) is 0 Å². The highest BCUT2D eigenvalue weighted by molar-refractivity contribution is 7.13. The molecule has 0 saturated carbocycles. The van der Waals surface area contributed by atoms with Crippen molar-refractivity contribution < 1.29 is 9.13 Å². The Bertz CT molecular complexity index is 1820. The van der Waals surface area contributed by atoms with Crippen LogP contribution in [0.2, 0.25) is 5.02 Å². The number of benzene rings is 2. The summed E-state index contributed by atoms with van der Waals surface area (Å²) in [5, 5.41) is 16.9. The quantitative estimate of drug-likeness (QED) is 0.0656. The van der Waals surface area contributed by atoms with Crippen molar-refractivity contribution in [3.05, 3.63) is 92.7 Å². The fourth-order valence-corrected chi connectivity index (χ4v) is 5.81. The number of aromatic nitrogens is 4. The molecule has 0 saturated heterocycles. The van der Waals surface area contributed by atoms with Crippen LogP contribution in [0.25, 0.3) is 28.0 Å². The number of fused-ring (bicyclic) bond motifs is 1. The number of thiazole rings is 1. The molecule has 0 aliphatic carbocycles. The van der Waals surface area contributed by atoms with Gasteiger partial charge in [-0.05, 0) is 74.1 Å². The van der Waals surface area contributed by atoms with Crippen LogP contribution in [0.1, 0.15) is 37.3 Å². The van der Waals surface area contributed by atoms with Gasteiger partial charge in [-0.1, -0.05) is 23.7 Å². The van der Waals surface area contributed by atoms with Gasteiger partial charge < -0.3 is 31.8 Å². The number of hydrogen-bond acceptors (Lipinski definition) is 8. The van der Waals surface area contributed by atoms with Crippen molar-refractivity contribution in [2.75, 3.05) is 18.4 Å². The van der Waals surface area contributed by atoms with Crippen LogP contribution in [-0.2, 0) is 17.8 Å². The molecule has 0 radical (unpaired) electrons. The Morgan fingerprint density at radius 1 is 1.22 bits per heavy atom. The molecule has 242 valence electrons. The van der Waals surface area contributed by atoms with Crippen molar-refractivity contribution in [1.82, 2.24) is 24.8 Å². The fourth-order valence-electron chi connectivity index (χ4n) is 5.03. The van der Waals surface area contributed by atoms with Crippen molar-refractivity contribution in [3.63, 3.8) is 0 Å². The van der Waals surface area contributed by atoms with Crippen LogP contribution < -0.4 is 27.8 Å². The number of aryl methyl sites for hydroxylation is 1. The number of halogens is 2. The molecule has 0 amide bonds. The monoisotopic (exact) mass is 665 g/mol. The Morgan fingerprint density at radius 2 is 2.02 bits per heavy atom. The predicted molar refractivity (Wildman–Crippen MR) is 182 cm³/mol. The first-order chi connectivity index (χ1) is 22.2. The predicted octanol–water partition coefficient (Wildman–Crippen LogP) is 5.17. The smallest absolute Gasteiger partial charge is 0.354 e. The molecule has 3 heterocycles. The number of guanidine groups is 1. The molecule has 8 N–H and O–H groups in total. The first kappa shape index (κ1) is 33.1. The van der Waals surface area contributed by atoms with Gasteiger partial charge in [-0.2, -0.15) is 4.98 Å². The van der Waals surface area contributed by atoms with Crippen LogP contribution >= 0.6 is 22.9 Å². The first-order valence-corrected chi connectivity index (χ1v) is 16.2. The summed E-state index contributed by atoms with van der Waals surface area (Å²) >= 11 is 7.76. The summed E-state index contributed by atoms with van der Waals surface area (Å²) in [6.07, 6.45) is 6.32. The van der Waals surface area contributed by atoms with Crippen molar-refractivity contribution in [2.45, 2.75) is 51.4 Å². The van der Waals surface area contributed by atoms with E-state index >= 15 is 4.39 Å². The van der Waals surface area contributed by atoms with Crippen molar-refractivity contribution >= 4 is 45.1 Å². The molecule has 0 bridgehead atoms. The van der Waals surface area contributed by atoms with Gasteiger partial charge in [0.15, 0.2) is 16.9 Å². The van der Waals surface area contributed by atoms with Gasteiger partial charge in [0.1, 0.15) is 5.65 Å². The molecule has 3 aromatic heterocycles. The zero-order chi connectivity index (χ0) is 32.6. The number of hydrogen-bond donors (Lipinski definition) is 6. The largest absolute Gasteiger partial charge is 0.372 e. The van der Waals surface area contributed by atoms with Crippen molar-refractivity contribution in [2.24, 2.45) is 11.5 Å². The van der Waals surface area contributed by atoms with Gasteiger partial charge in [0.25, 0.3) is 0 Å². The lowest BCUT2D eigenvalue weighted by molar-refractivity contribution is 0.0445. The Morgan fingerprint density at radius 3 is 2.74 bits per heavy atom. The van der Waals surface area contributed by atoms with Crippen LogP contribution in [-0.4, -0.2) is 50.7 Å². The third kappa shape index (κ3) is 8.69. The molecular weight excluding hydrogens is 629 g/mol. The SMILES string of the molecule is C[C@H](N)CCCc1cc(Cl)c(F)c(-c2cc3cn(-c4ccc(CO[C@H](CCNC(=N)N)CNc5nccs5)cc4)c(=O)nc3[nH]2)c1. The summed E-state index contributed by atoms with van der Waals surface area (Å²) in [6, 6.07) is 12.7. The van der Waals surface area contributed by atoms with Crippen LogP contribution in [0.4, 0.5) is 9.52 Å². The molecule has 0 aliphatic rings. The average Bonchev–Trinajstić information content (AvgIpc) is 3.69. The maximum absolute atomic E-state index is 15.1. The Balaban J connectivity index is 1.29. The third-order valence-corrected chi connectivity index (χ3v) is 8.41. The number of nitrogens with zero attached hydrogens (tertiary/aromatic N) is 3. The maximum atomic E-state index is 15.1. The topological polar surface area (TPSA) is 173 Å². The number of nitrogens with one attached hydrogen (secondary N) is 4. The molecular formula is C32H37ClFN9O2S. The molecule has 0 aliphatic heterocycles. The highest BCUT2D eigenvalue weighted by Crippen LogP contribution is 2.31. The van der Waals surface area contributed by atoms with E-state index in [0.29, 0.717) is 54.1 Å². The van der Waals surface area contributed by atoms with Crippen LogP contribution in [0, 0.1) is 11.2 Å². The van der Waals surface area contributed by atoms with E-state index in [9.17, 15) is 4.79 Å². The minimum Gasteiger partial charge on any atom is -0.372 e. The van der Waals surface area contributed by atoms with Crippen molar-refractivity contribution in [3.8, 4) is 16.9 Å². The summed E-state index contributed by atoms with van der Waals surface area (Å²) in [6.45, 7) is 3.34. The fraction of sp³-hybridized carbons (Fsp3) is 0.312. The van der Waals surface area contributed by atoms with Gasteiger partial charge in [-0.25, -0.2) is 14.2 Å². The van der Waals surface area contributed by atoms with E-state index < -0.39 is 11.5 Å². The molecule has 0 unspecified atom stereocenters. The zero-order valence-electron chi connectivity index (χ0n) is 25.4. The highest BCUT2D eigenvalue weighted by Gasteiger charge is 2.16. The third-order valence-electron chi connectivity index (χ3n) is 7.41. The Kier molecular flexibility index (Phi) is 11.0. The lowest BCUT2D eigenvalue weighted by Gasteiger charge is -2.19. The zero-order valence-corrected chi connectivity index (χ0v) is 26.9. The van der Waals surface area contributed by atoms with Gasteiger partial charge in [0.2, 0.25) is 0 Å². The lowest BCUT2D eigenvalue weighted by atomic mass is 10.0. The molecule has 2 aromatic carbocycles. The lowest BCUT2D eigenvalue weighted by Crippen LogP contribution is -2.34. The van der Waals surface area contributed by atoms with E-state index in [1.165, 1.54) is 15.9 Å². The van der Waals surface area contributed by atoms with Gasteiger partial charge >= 0.3 is 5.69 Å². The van der Waals surface area contributed by atoms with Gasteiger partial charge in [0, 0.05) is 47.9 Å². The number of ether oxygens (including phenoxy) is 1. The summed E-state index contributed by atoms with van der Waals surface area (Å²) < 4.78 is 22.8. The number of H-pyrrole nitrogens is 1. The minimum absolute atomic E-state index is 0.0402. The van der Waals surface area contributed by atoms with E-state index in [2.05, 4.69) is 25.6 Å².